The quantitative estimate of drug-likeness (QED) is 0.872. The highest BCUT2D eigenvalue weighted by atomic mass is 79.9. The molecule has 16 heavy (non-hydrogen) atoms. The highest BCUT2D eigenvalue weighted by molar-refractivity contribution is 9.10. The van der Waals surface area contributed by atoms with Gasteiger partial charge in [0.2, 0.25) is 0 Å². The van der Waals surface area contributed by atoms with Gasteiger partial charge in [-0.15, -0.1) is 0 Å². The van der Waals surface area contributed by atoms with Crippen LogP contribution in [0.5, 0.6) is 0 Å². The Bertz CT molecular complexity index is 372. The van der Waals surface area contributed by atoms with Gasteiger partial charge in [-0.1, -0.05) is 47.3 Å². The van der Waals surface area contributed by atoms with Gasteiger partial charge in [0.1, 0.15) is 6.67 Å². The minimum absolute atomic E-state index is 0.199. The van der Waals surface area contributed by atoms with E-state index in [2.05, 4.69) is 15.9 Å². The second kappa shape index (κ2) is 4.84. The SMILES string of the molecule is NC1(c2ccc(CF)c(Br)c2)CCCCC1. The zero-order chi connectivity index (χ0) is 11.6. The van der Waals surface area contributed by atoms with Gasteiger partial charge in [-0.2, -0.15) is 0 Å². The molecule has 0 atom stereocenters. The number of nitrogens with two attached hydrogens (primary N) is 1. The molecule has 0 saturated heterocycles. The highest BCUT2D eigenvalue weighted by Gasteiger charge is 2.29. The van der Waals surface area contributed by atoms with E-state index in [1.54, 1.807) is 0 Å². The molecule has 0 heterocycles. The average Bonchev–Trinajstić information content (AvgIpc) is 2.30. The molecule has 1 nitrogen and oxygen atoms in total. The first kappa shape index (κ1) is 12.1. The van der Waals surface area contributed by atoms with Gasteiger partial charge in [0.25, 0.3) is 0 Å². The summed E-state index contributed by atoms with van der Waals surface area (Å²) < 4.78 is 13.4. The molecular weight excluding hydrogens is 269 g/mol. The Labute approximate surface area is 104 Å². The van der Waals surface area contributed by atoms with Gasteiger partial charge in [-0.25, -0.2) is 4.39 Å². The standard InChI is InChI=1S/C13H17BrFN/c14-12-8-11(5-4-10(12)9-15)13(16)6-2-1-3-7-13/h4-5,8H,1-3,6-7,9,16H2. The largest absolute Gasteiger partial charge is 0.321 e. The minimum atomic E-state index is -0.432. The summed E-state index contributed by atoms with van der Waals surface area (Å²) in [4.78, 5) is 0. The molecule has 1 saturated carbocycles. The predicted molar refractivity (Wildman–Crippen MR) is 67.9 cm³/mol. The van der Waals surface area contributed by atoms with Gasteiger partial charge >= 0.3 is 0 Å². The number of rotatable bonds is 2. The van der Waals surface area contributed by atoms with Crippen molar-refractivity contribution in [2.45, 2.75) is 44.3 Å². The first-order valence-electron chi connectivity index (χ1n) is 5.79. The summed E-state index contributed by atoms with van der Waals surface area (Å²) in [7, 11) is 0. The molecule has 1 aromatic rings. The van der Waals surface area contributed by atoms with Gasteiger partial charge < -0.3 is 5.73 Å². The molecule has 1 fully saturated rings. The van der Waals surface area contributed by atoms with E-state index in [-0.39, 0.29) is 5.54 Å². The fourth-order valence-electron chi connectivity index (χ4n) is 2.44. The molecular formula is C13H17BrFN. The van der Waals surface area contributed by atoms with E-state index in [0.717, 1.165) is 22.9 Å². The molecule has 0 unspecified atom stereocenters. The summed E-state index contributed by atoms with van der Waals surface area (Å²) in [5.41, 5.74) is 8.06. The van der Waals surface area contributed by atoms with E-state index in [1.807, 2.05) is 18.2 Å². The van der Waals surface area contributed by atoms with E-state index in [4.69, 9.17) is 5.73 Å². The normalized spacial score (nSPS) is 19.7. The van der Waals surface area contributed by atoms with Gasteiger partial charge in [0, 0.05) is 10.0 Å². The summed E-state index contributed by atoms with van der Waals surface area (Å²) in [5, 5.41) is 0. The molecule has 88 valence electrons. The van der Waals surface area contributed by atoms with Crippen LogP contribution in [0.4, 0.5) is 4.39 Å². The molecule has 0 spiro atoms. The van der Waals surface area contributed by atoms with Crippen LogP contribution in [-0.4, -0.2) is 0 Å². The molecule has 0 amide bonds. The Morgan fingerprint density at radius 2 is 1.94 bits per heavy atom. The number of hydrogen-bond acceptors (Lipinski definition) is 1. The van der Waals surface area contributed by atoms with Crippen LogP contribution in [0, 0.1) is 0 Å². The second-order valence-electron chi connectivity index (χ2n) is 4.66. The third-order valence-electron chi connectivity index (χ3n) is 3.52. The number of halogens is 2. The Kier molecular flexibility index (Phi) is 3.65. The van der Waals surface area contributed by atoms with E-state index < -0.39 is 6.67 Å². The topological polar surface area (TPSA) is 26.0 Å². The van der Waals surface area contributed by atoms with Crippen molar-refractivity contribution in [2.24, 2.45) is 5.73 Å². The smallest absolute Gasteiger partial charge is 0.116 e. The molecule has 1 aliphatic rings. The van der Waals surface area contributed by atoms with Gasteiger partial charge in [0.05, 0.1) is 0 Å². The summed E-state index contributed by atoms with van der Waals surface area (Å²) >= 11 is 3.40. The van der Waals surface area contributed by atoms with E-state index >= 15 is 0 Å². The first-order chi connectivity index (χ1) is 7.65. The maximum absolute atomic E-state index is 12.6. The third kappa shape index (κ3) is 2.30. The fraction of sp³-hybridized carbons (Fsp3) is 0.538. The Morgan fingerprint density at radius 3 is 2.50 bits per heavy atom. The molecule has 1 aromatic carbocycles. The van der Waals surface area contributed by atoms with Crippen LogP contribution < -0.4 is 5.73 Å². The van der Waals surface area contributed by atoms with Crippen molar-refractivity contribution < 1.29 is 4.39 Å². The van der Waals surface area contributed by atoms with E-state index in [0.29, 0.717) is 5.56 Å². The third-order valence-corrected chi connectivity index (χ3v) is 4.26. The molecule has 0 aromatic heterocycles. The Morgan fingerprint density at radius 1 is 1.25 bits per heavy atom. The lowest BCUT2D eigenvalue weighted by Crippen LogP contribution is -2.38. The van der Waals surface area contributed by atoms with E-state index in [9.17, 15) is 4.39 Å². The zero-order valence-electron chi connectivity index (χ0n) is 9.31. The van der Waals surface area contributed by atoms with Crippen LogP contribution in [0.3, 0.4) is 0 Å². The summed E-state index contributed by atoms with van der Waals surface area (Å²) in [6.45, 7) is -0.432. The minimum Gasteiger partial charge on any atom is -0.321 e. The lowest BCUT2D eigenvalue weighted by molar-refractivity contribution is 0.302. The van der Waals surface area contributed by atoms with Crippen LogP contribution in [0.1, 0.15) is 43.2 Å². The van der Waals surface area contributed by atoms with Crippen LogP contribution in [0.2, 0.25) is 0 Å². The maximum atomic E-state index is 12.6. The zero-order valence-corrected chi connectivity index (χ0v) is 10.9. The van der Waals surface area contributed by atoms with Crippen molar-refractivity contribution in [1.29, 1.82) is 0 Å². The second-order valence-corrected chi connectivity index (χ2v) is 5.51. The predicted octanol–water partition coefficient (Wildman–Crippen LogP) is 4.04. The first-order valence-corrected chi connectivity index (χ1v) is 6.59. The molecule has 2 N–H and O–H groups in total. The Balaban J connectivity index is 2.29. The lowest BCUT2D eigenvalue weighted by Gasteiger charge is -2.34. The van der Waals surface area contributed by atoms with Crippen molar-refractivity contribution in [3.05, 3.63) is 33.8 Å². The van der Waals surface area contributed by atoms with Crippen LogP contribution in [0.15, 0.2) is 22.7 Å². The number of benzene rings is 1. The van der Waals surface area contributed by atoms with Crippen molar-refractivity contribution in [2.75, 3.05) is 0 Å². The van der Waals surface area contributed by atoms with Crippen molar-refractivity contribution >= 4 is 15.9 Å². The van der Waals surface area contributed by atoms with Crippen LogP contribution in [0.25, 0.3) is 0 Å². The number of alkyl halides is 1. The van der Waals surface area contributed by atoms with Crippen molar-refractivity contribution in [1.82, 2.24) is 0 Å². The monoisotopic (exact) mass is 285 g/mol. The molecule has 1 aliphatic carbocycles. The average molecular weight is 286 g/mol. The van der Waals surface area contributed by atoms with Crippen molar-refractivity contribution in [3.8, 4) is 0 Å². The van der Waals surface area contributed by atoms with Gasteiger partial charge in [0.15, 0.2) is 0 Å². The molecule has 0 radical (unpaired) electrons. The highest BCUT2D eigenvalue weighted by Crippen LogP contribution is 2.36. The fourth-order valence-corrected chi connectivity index (χ4v) is 2.92. The molecule has 0 aliphatic heterocycles. The van der Waals surface area contributed by atoms with Crippen molar-refractivity contribution in [3.63, 3.8) is 0 Å². The Hall–Kier alpha value is -0.410. The molecule has 2 rings (SSSR count). The lowest BCUT2D eigenvalue weighted by atomic mass is 9.77. The van der Waals surface area contributed by atoms with Crippen LogP contribution >= 0.6 is 15.9 Å². The van der Waals surface area contributed by atoms with Crippen LogP contribution in [-0.2, 0) is 12.2 Å². The van der Waals surface area contributed by atoms with Gasteiger partial charge in [-0.05, 0) is 30.0 Å². The molecule has 0 bridgehead atoms. The van der Waals surface area contributed by atoms with Gasteiger partial charge in [-0.3, -0.25) is 0 Å². The summed E-state index contributed by atoms with van der Waals surface area (Å²) in [6, 6.07) is 5.80. The van der Waals surface area contributed by atoms with E-state index in [1.165, 1.54) is 19.3 Å². The summed E-state index contributed by atoms with van der Waals surface area (Å²) in [6.07, 6.45) is 5.74. The summed E-state index contributed by atoms with van der Waals surface area (Å²) in [5.74, 6) is 0. The maximum Gasteiger partial charge on any atom is 0.116 e. The molecule has 3 heteroatoms. The number of hydrogen-bond donors (Lipinski definition) is 1.